The highest BCUT2D eigenvalue weighted by molar-refractivity contribution is 6.42. The van der Waals surface area contributed by atoms with Gasteiger partial charge >= 0.3 is 0 Å². The SMILES string of the molecule is C[C@@H](N[C@@H]1CCC(c2ccc(Cl)c(Cl)c2)c2ccccc21)c1ccc(CO)cc1.N[C@@H]1CCC(c2ccc(Cl)c(Cl)c2)c2ccccc21. The van der Waals surface area contributed by atoms with Gasteiger partial charge in [0.2, 0.25) is 0 Å². The average molecular weight is 719 g/mol. The average Bonchev–Trinajstić information content (AvgIpc) is 3.11. The predicted molar refractivity (Wildman–Crippen MR) is 202 cm³/mol. The van der Waals surface area contributed by atoms with Gasteiger partial charge in [-0.25, -0.2) is 0 Å². The highest BCUT2D eigenvalue weighted by Crippen LogP contribution is 2.44. The van der Waals surface area contributed by atoms with Gasteiger partial charge in [-0.15, -0.1) is 0 Å². The molecule has 4 N–H and O–H groups in total. The highest BCUT2D eigenvalue weighted by atomic mass is 35.5. The zero-order chi connectivity index (χ0) is 33.8. The minimum absolute atomic E-state index is 0.0776. The van der Waals surface area contributed by atoms with Gasteiger partial charge in [-0.1, -0.05) is 131 Å². The van der Waals surface area contributed by atoms with E-state index in [0.717, 1.165) is 31.2 Å². The van der Waals surface area contributed by atoms with Crippen LogP contribution in [0.4, 0.5) is 0 Å². The molecule has 2 aliphatic carbocycles. The lowest BCUT2D eigenvalue weighted by Crippen LogP contribution is -2.29. The molecule has 3 nitrogen and oxygen atoms in total. The van der Waals surface area contributed by atoms with Crippen LogP contribution in [-0.2, 0) is 6.61 Å². The topological polar surface area (TPSA) is 58.3 Å². The number of aliphatic hydroxyl groups is 1. The maximum absolute atomic E-state index is 9.26. The molecule has 0 saturated carbocycles. The second-order valence-corrected chi connectivity index (χ2v) is 14.4. The van der Waals surface area contributed by atoms with Crippen molar-refractivity contribution < 1.29 is 5.11 Å². The molecule has 2 unspecified atom stereocenters. The normalized spacial score (nSPS) is 20.6. The van der Waals surface area contributed by atoms with E-state index >= 15 is 0 Å². The van der Waals surface area contributed by atoms with Crippen molar-refractivity contribution in [2.75, 3.05) is 0 Å². The standard InChI is InChI=1S/C25H25Cl2NO.C16H15Cl2N/c1-16(18-8-6-17(15-29)7-9-18)28-25-13-11-20(21-4-2-3-5-22(21)25)19-10-12-23(26)24(27)14-19;17-14-7-5-10(9-15(14)18)11-6-8-16(19)13-4-2-1-3-12(11)13/h2-10,12,14,16,20,25,28-29H,11,13,15H2,1H3;1-5,7,9,11,16H,6,8,19H2/t16-,20?,25-;11?,16-/m11/s1. The van der Waals surface area contributed by atoms with E-state index in [1.165, 1.54) is 38.9 Å². The third kappa shape index (κ3) is 7.79. The molecule has 0 heterocycles. The lowest BCUT2D eigenvalue weighted by Gasteiger charge is -2.34. The van der Waals surface area contributed by atoms with Crippen LogP contribution in [0.25, 0.3) is 0 Å². The predicted octanol–water partition coefficient (Wildman–Crippen LogP) is 11.7. The van der Waals surface area contributed by atoms with Crippen molar-refractivity contribution in [3.05, 3.63) is 174 Å². The lowest BCUT2D eigenvalue weighted by atomic mass is 9.76. The van der Waals surface area contributed by atoms with E-state index in [2.05, 4.69) is 85.0 Å². The number of hydrogen-bond acceptors (Lipinski definition) is 3. The summed E-state index contributed by atoms with van der Waals surface area (Å²) in [4.78, 5) is 0. The summed E-state index contributed by atoms with van der Waals surface area (Å²) < 4.78 is 0. The molecular weight excluding hydrogens is 678 g/mol. The molecule has 5 aromatic rings. The Morgan fingerprint density at radius 3 is 1.67 bits per heavy atom. The fourth-order valence-corrected chi connectivity index (χ4v) is 7.86. The van der Waals surface area contributed by atoms with Crippen molar-refractivity contribution in [1.82, 2.24) is 5.32 Å². The molecule has 0 spiro atoms. The summed E-state index contributed by atoms with van der Waals surface area (Å²) in [7, 11) is 0. The van der Waals surface area contributed by atoms with Crippen molar-refractivity contribution in [3.63, 3.8) is 0 Å². The van der Waals surface area contributed by atoms with Crippen LogP contribution in [-0.4, -0.2) is 5.11 Å². The summed E-state index contributed by atoms with van der Waals surface area (Å²) in [6.45, 7) is 2.27. The van der Waals surface area contributed by atoms with Crippen LogP contribution in [0, 0.1) is 0 Å². The molecule has 2 aliphatic rings. The van der Waals surface area contributed by atoms with Gasteiger partial charge in [-0.05, 0) is 101 Å². The van der Waals surface area contributed by atoms with Gasteiger partial charge in [0.25, 0.3) is 0 Å². The van der Waals surface area contributed by atoms with Crippen LogP contribution in [0.5, 0.6) is 0 Å². The molecule has 0 aromatic heterocycles. The van der Waals surface area contributed by atoms with Crippen LogP contribution in [0.3, 0.4) is 0 Å². The molecule has 0 amide bonds. The molecule has 0 fully saturated rings. The molecule has 0 aliphatic heterocycles. The van der Waals surface area contributed by atoms with Gasteiger partial charge in [0.15, 0.2) is 0 Å². The largest absolute Gasteiger partial charge is 0.392 e. The van der Waals surface area contributed by atoms with E-state index in [0.29, 0.717) is 38.0 Å². The first-order valence-electron chi connectivity index (χ1n) is 16.5. The minimum atomic E-state index is 0.0776. The molecule has 5 atom stereocenters. The van der Waals surface area contributed by atoms with Gasteiger partial charge in [-0.2, -0.15) is 0 Å². The summed E-state index contributed by atoms with van der Waals surface area (Å²) >= 11 is 24.5. The second-order valence-electron chi connectivity index (χ2n) is 12.8. The molecule has 248 valence electrons. The van der Waals surface area contributed by atoms with Gasteiger partial charge < -0.3 is 16.2 Å². The first-order chi connectivity index (χ1) is 23.2. The Hall–Kier alpha value is -2.86. The zero-order valence-electron chi connectivity index (χ0n) is 26.9. The first-order valence-corrected chi connectivity index (χ1v) is 18.0. The van der Waals surface area contributed by atoms with E-state index < -0.39 is 0 Å². The molecule has 0 radical (unpaired) electrons. The summed E-state index contributed by atoms with van der Waals surface area (Å²) in [6, 6.07) is 37.9. The summed E-state index contributed by atoms with van der Waals surface area (Å²) in [5, 5.41) is 15.5. The van der Waals surface area contributed by atoms with Gasteiger partial charge in [-0.3, -0.25) is 0 Å². The molecule has 5 aromatic carbocycles. The summed E-state index contributed by atoms with van der Waals surface area (Å²) in [5.41, 5.74) is 16.1. The van der Waals surface area contributed by atoms with Crippen LogP contribution >= 0.6 is 46.4 Å². The first kappa shape index (κ1) is 35.0. The number of rotatable bonds is 6. The molecule has 0 saturated heterocycles. The van der Waals surface area contributed by atoms with Crippen LogP contribution < -0.4 is 11.1 Å². The van der Waals surface area contributed by atoms with Crippen molar-refractivity contribution in [3.8, 4) is 0 Å². The van der Waals surface area contributed by atoms with Crippen molar-refractivity contribution in [2.24, 2.45) is 5.73 Å². The Morgan fingerprint density at radius 1 is 0.625 bits per heavy atom. The monoisotopic (exact) mass is 716 g/mol. The molecular formula is C41H40Cl4N2O. The van der Waals surface area contributed by atoms with Crippen molar-refractivity contribution in [1.29, 1.82) is 0 Å². The number of nitrogens with one attached hydrogen (secondary N) is 1. The fraction of sp³-hybridized carbons (Fsp3) is 0.268. The lowest BCUT2D eigenvalue weighted by molar-refractivity contribution is 0.282. The van der Waals surface area contributed by atoms with E-state index in [1.54, 1.807) is 0 Å². The van der Waals surface area contributed by atoms with Gasteiger partial charge in [0, 0.05) is 30.0 Å². The number of benzene rings is 5. The Morgan fingerprint density at radius 2 is 1.12 bits per heavy atom. The van der Waals surface area contributed by atoms with Crippen LogP contribution in [0.2, 0.25) is 20.1 Å². The maximum atomic E-state index is 9.26. The molecule has 0 bridgehead atoms. The summed E-state index contributed by atoms with van der Waals surface area (Å²) in [6.07, 6.45) is 4.17. The molecule has 7 heteroatoms. The second kappa shape index (κ2) is 15.8. The Bertz CT molecular complexity index is 1860. The minimum Gasteiger partial charge on any atom is -0.392 e. The number of hydrogen-bond donors (Lipinski definition) is 3. The smallest absolute Gasteiger partial charge is 0.0681 e. The Balaban J connectivity index is 0.000000182. The highest BCUT2D eigenvalue weighted by Gasteiger charge is 2.29. The summed E-state index contributed by atoms with van der Waals surface area (Å²) in [5.74, 6) is 0.698. The quantitative estimate of drug-likeness (QED) is 0.164. The number of fused-ring (bicyclic) bond motifs is 2. The Kier molecular flexibility index (Phi) is 11.5. The third-order valence-electron chi connectivity index (χ3n) is 9.83. The van der Waals surface area contributed by atoms with Crippen LogP contribution in [0.15, 0.2) is 109 Å². The number of aliphatic hydroxyl groups excluding tert-OH is 1. The molecule has 48 heavy (non-hydrogen) atoms. The van der Waals surface area contributed by atoms with E-state index in [4.69, 9.17) is 52.1 Å². The molecule has 7 rings (SSSR count). The number of nitrogens with two attached hydrogens (primary N) is 1. The van der Waals surface area contributed by atoms with Gasteiger partial charge in [0.05, 0.1) is 26.7 Å². The fourth-order valence-electron chi connectivity index (χ4n) is 7.25. The Labute approximate surface area is 304 Å². The van der Waals surface area contributed by atoms with Crippen molar-refractivity contribution >= 4 is 46.4 Å². The van der Waals surface area contributed by atoms with E-state index in [9.17, 15) is 5.11 Å². The third-order valence-corrected chi connectivity index (χ3v) is 11.3. The van der Waals surface area contributed by atoms with Crippen molar-refractivity contribution in [2.45, 2.75) is 69.2 Å². The van der Waals surface area contributed by atoms with E-state index in [1.807, 2.05) is 36.4 Å². The zero-order valence-corrected chi connectivity index (χ0v) is 29.9. The van der Waals surface area contributed by atoms with Gasteiger partial charge in [0.1, 0.15) is 0 Å². The maximum Gasteiger partial charge on any atom is 0.0681 e. The van der Waals surface area contributed by atoms with Crippen LogP contribution in [0.1, 0.15) is 107 Å². The van der Waals surface area contributed by atoms with E-state index in [-0.39, 0.29) is 18.7 Å². The number of halogens is 4.